The first-order valence-corrected chi connectivity index (χ1v) is 8.15. The Morgan fingerprint density at radius 2 is 1.48 bits per heavy atom. The summed E-state index contributed by atoms with van der Waals surface area (Å²) in [6.45, 7) is 13.6. The van der Waals surface area contributed by atoms with E-state index < -0.39 is 6.10 Å². The molecule has 0 amide bonds. The van der Waals surface area contributed by atoms with Crippen molar-refractivity contribution in [2.75, 3.05) is 0 Å². The summed E-state index contributed by atoms with van der Waals surface area (Å²) < 4.78 is 11.4. The number of aliphatic hydroxyl groups is 1. The van der Waals surface area contributed by atoms with E-state index in [-0.39, 0.29) is 36.1 Å². The fraction of sp³-hybridized carbons (Fsp3) is 0.941. The van der Waals surface area contributed by atoms with E-state index in [1.54, 1.807) is 0 Å². The first kappa shape index (κ1) is 20.6. The maximum atomic E-state index is 11.8. The highest BCUT2D eigenvalue weighted by atomic mass is 16.5. The van der Waals surface area contributed by atoms with E-state index in [1.807, 2.05) is 48.5 Å². The van der Waals surface area contributed by atoms with Crippen molar-refractivity contribution in [1.82, 2.24) is 0 Å². The predicted molar refractivity (Wildman–Crippen MR) is 85.4 cm³/mol. The monoisotopic (exact) mass is 302 g/mol. The van der Waals surface area contributed by atoms with E-state index in [4.69, 9.17) is 9.47 Å². The van der Waals surface area contributed by atoms with Gasteiger partial charge in [0.25, 0.3) is 0 Å². The molecule has 3 atom stereocenters. The number of ketones is 1. The van der Waals surface area contributed by atoms with Crippen LogP contribution < -0.4 is 0 Å². The summed E-state index contributed by atoms with van der Waals surface area (Å²) in [6, 6.07) is 0. The molecule has 0 aromatic rings. The number of rotatable bonds is 11. The van der Waals surface area contributed by atoms with Crippen molar-refractivity contribution < 1.29 is 19.4 Å². The van der Waals surface area contributed by atoms with Crippen LogP contribution in [0.1, 0.15) is 67.7 Å². The summed E-state index contributed by atoms with van der Waals surface area (Å²) in [5.74, 6) is 0.246. The molecule has 0 radical (unpaired) electrons. The molecule has 4 heteroatoms. The maximum Gasteiger partial charge on any atom is 0.135 e. The molecule has 4 nitrogen and oxygen atoms in total. The number of aliphatic hydroxyl groups excluding tert-OH is 1. The summed E-state index contributed by atoms with van der Waals surface area (Å²) in [5.41, 5.74) is 0. The lowest BCUT2D eigenvalue weighted by atomic mass is 9.98. The van der Waals surface area contributed by atoms with Crippen molar-refractivity contribution >= 4 is 5.78 Å². The molecular weight excluding hydrogens is 268 g/mol. The molecule has 21 heavy (non-hydrogen) atoms. The number of carbonyl (C=O) groups excluding carboxylic acids is 1. The Bertz CT molecular complexity index is 287. The summed E-state index contributed by atoms with van der Waals surface area (Å²) >= 11 is 0. The summed E-state index contributed by atoms with van der Waals surface area (Å²) in [6.07, 6.45) is 0.743. The first-order valence-electron chi connectivity index (χ1n) is 8.15. The topological polar surface area (TPSA) is 55.8 Å². The van der Waals surface area contributed by atoms with Gasteiger partial charge >= 0.3 is 0 Å². The quantitative estimate of drug-likeness (QED) is 0.636. The van der Waals surface area contributed by atoms with Gasteiger partial charge in [-0.15, -0.1) is 0 Å². The molecule has 0 fully saturated rings. The van der Waals surface area contributed by atoms with Crippen molar-refractivity contribution in [1.29, 1.82) is 0 Å². The van der Waals surface area contributed by atoms with E-state index in [9.17, 15) is 9.90 Å². The third-order valence-electron chi connectivity index (χ3n) is 3.27. The fourth-order valence-corrected chi connectivity index (χ4v) is 2.29. The average Bonchev–Trinajstić information content (AvgIpc) is 2.31. The second-order valence-electron chi connectivity index (χ2n) is 6.68. The van der Waals surface area contributed by atoms with Gasteiger partial charge in [0, 0.05) is 18.8 Å². The Labute approximate surface area is 130 Å². The van der Waals surface area contributed by atoms with Crippen LogP contribution in [0, 0.1) is 5.92 Å². The molecule has 0 aliphatic rings. The highest BCUT2D eigenvalue weighted by Crippen LogP contribution is 2.17. The zero-order chi connectivity index (χ0) is 16.6. The van der Waals surface area contributed by atoms with Crippen LogP contribution in [-0.2, 0) is 14.3 Å². The van der Waals surface area contributed by atoms with Gasteiger partial charge < -0.3 is 14.6 Å². The smallest absolute Gasteiger partial charge is 0.135 e. The van der Waals surface area contributed by atoms with Crippen LogP contribution in [0.5, 0.6) is 0 Å². The van der Waals surface area contributed by atoms with Crippen LogP contribution in [0.15, 0.2) is 0 Å². The van der Waals surface area contributed by atoms with Crippen molar-refractivity contribution in [3.05, 3.63) is 0 Å². The van der Waals surface area contributed by atoms with E-state index in [0.29, 0.717) is 19.3 Å². The Morgan fingerprint density at radius 3 is 1.90 bits per heavy atom. The molecule has 3 unspecified atom stereocenters. The van der Waals surface area contributed by atoms with Gasteiger partial charge in [-0.05, 0) is 41.0 Å². The van der Waals surface area contributed by atoms with Crippen molar-refractivity contribution in [2.24, 2.45) is 5.92 Å². The zero-order valence-corrected chi connectivity index (χ0v) is 14.8. The number of ether oxygens (including phenoxy) is 2. The standard InChI is InChI=1S/C17H34O4/c1-11(2)15(18)8-9-17(21-13(5)6)16(19)10-14(7)20-12(3)4/h11-14,16-17,19H,8-10H2,1-7H3. The summed E-state index contributed by atoms with van der Waals surface area (Å²) in [5, 5.41) is 10.4. The van der Waals surface area contributed by atoms with Gasteiger partial charge in [0.1, 0.15) is 5.78 Å². The molecule has 0 heterocycles. The van der Waals surface area contributed by atoms with Crippen molar-refractivity contribution in [3.8, 4) is 0 Å². The molecule has 0 aromatic heterocycles. The molecule has 0 aliphatic heterocycles. The highest BCUT2D eigenvalue weighted by Gasteiger charge is 2.25. The zero-order valence-electron chi connectivity index (χ0n) is 14.8. The molecule has 1 N–H and O–H groups in total. The van der Waals surface area contributed by atoms with Gasteiger partial charge in [-0.3, -0.25) is 4.79 Å². The maximum absolute atomic E-state index is 11.8. The molecule has 0 aromatic carbocycles. The SMILES string of the molecule is CC(C)OC(C)CC(O)C(CCC(=O)C(C)C)OC(C)C. The van der Waals surface area contributed by atoms with Crippen LogP contribution in [0.25, 0.3) is 0 Å². The first-order chi connectivity index (χ1) is 9.63. The van der Waals surface area contributed by atoms with Gasteiger partial charge in [0.2, 0.25) is 0 Å². The van der Waals surface area contributed by atoms with Gasteiger partial charge in [-0.2, -0.15) is 0 Å². The van der Waals surface area contributed by atoms with Gasteiger partial charge in [0.15, 0.2) is 0 Å². The number of carbonyl (C=O) groups is 1. The van der Waals surface area contributed by atoms with Gasteiger partial charge in [0.05, 0.1) is 30.5 Å². The minimum Gasteiger partial charge on any atom is -0.390 e. The van der Waals surface area contributed by atoms with Gasteiger partial charge in [-0.25, -0.2) is 0 Å². The van der Waals surface area contributed by atoms with Crippen LogP contribution in [0.4, 0.5) is 0 Å². The Hall–Kier alpha value is -0.450. The summed E-state index contributed by atoms with van der Waals surface area (Å²) in [7, 11) is 0. The minimum atomic E-state index is -0.610. The molecule has 0 saturated heterocycles. The molecule has 0 bridgehead atoms. The lowest BCUT2D eigenvalue weighted by Gasteiger charge is -2.28. The lowest BCUT2D eigenvalue weighted by Crippen LogP contribution is -2.35. The second kappa shape index (κ2) is 10.3. The Balaban J connectivity index is 4.47. The van der Waals surface area contributed by atoms with Crippen molar-refractivity contribution in [2.45, 2.75) is 98.2 Å². The second-order valence-corrected chi connectivity index (χ2v) is 6.68. The molecular formula is C17H34O4. The number of hydrogen-bond donors (Lipinski definition) is 1. The molecule has 0 rings (SSSR count). The predicted octanol–water partition coefficient (Wildman–Crippen LogP) is 3.35. The summed E-state index contributed by atoms with van der Waals surface area (Å²) in [4.78, 5) is 11.8. The Kier molecular flexibility index (Phi) is 10.1. The fourth-order valence-electron chi connectivity index (χ4n) is 2.29. The molecule has 126 valence electrons. The normalized spacial score (nSPS) is 16.5. The number of Topliss-reactive ketones (excluding diaryl/α,β-unsaturated/α-hetero) is 1. The largest absolute Gasteiger partial charge is 0.390 e. The molecule has 0 aliphatic carbocycles. The van der Waals surface area contributed by atoms with Crippen LogP contribution in [-0.4, -0.2) is 41.4 Å². The average molecular weight is 302 g/mol. The third kappa shape index (κ3) is 9.99. The molecule has 0 spiro atoms. The van der Waals surface area contributed by atoms with E-state index in [0.717, 1.165) is 0 Å². The van der Waals surface area contributed by atoms with E-state index in [1.165, 1.54) is 0 Å². The highest BCUT2D eigenvalue weighted by molar-refractivity contribution is 5.80. The van der Waals surface area contributed by atoms with Crippen LogP contribution in [0.2, 0.25) is 0 Å². The minimum absolute atomic E-state index is 0.0279. The lowest BCUT2D eigenvalue weighted by molar-refractivity contribution is -0.125. The van der Waals surface area contributed by atoms with Crippen LogP contribution in [0.3, 0.4) is 0 Å². The van der Waals surface area contributed by atoms with Crippen LogP contribution >= 0.6 is 0 Å². The van der Waals surface area contributed by atoms with E-state index >= 15 is 0 Å². The van der Waals surface area contributed by atoms with Gasteiger partial charge in [-0.1, -0.05) is 13.8 Å². The van der Waals surface area contributed by atoms with E-state index in [2.05, 4.69) is 0 Å². The number of hydrogen-bond acceptors (Lipinski definition) is 4. The third-order valence-corrected chi connectivity index (χ3v) is 3.27. The Morgan fingerprint density at radius 1 is 0.952 bits per heavy atom. The molecule has 0 saturated carbocycles. The van der Waals surface area contributed by atoms with Crippen molar-refractivity contribution in [3.63, 3.8) is 0 Å².